The number of aromatic amines is 1. The molecule has 90 valence electrons. The molecule has 0 spiro atoms. The highest BCUT2D eigenvalue weighted by Crippen LogP contribution is 2.25. The molecule has 2 aromatic rings. The zero-order valence-corrected chi connectivity index (χ0v) is 10.8. The van der Waals surface area contributed by atoms with Crippen LogP contribution in [0.5, 0.6) is 11.5 Å². The Morgan fingerprint density at radius 1 is 1.12 bits per heavy atom. The molecular weight excluding hydrogens is 236 g/mol. The van der Waals surface area contributed by atoms with Crippen LogP contribution in [-0.4, -0.2) is 23.8 Å². The fourth-order valence-electron chi connectivity index (χ4n) is 1.70. The highest BCUT2D eigenvalue weighted by molar-refractivity contribution is 7.71. The second-order valence-electron chi connectivity index (χ2n) is 3.64. The molecule has 1 aromatic heterocycles. The van der Waals surface area contributed by atoms with Crippen LogP contribution in [0.15, 0.2) is 24.4 Å². The van der Waals surface area contributed by atoms with Crippen LogP contribution < -0.4 is 9.47 Å². The van der Waals surface area contributed by atoms with Crippen LogP contribution in [0, 0.1) is 11.7 Å². The molecular formula is C12H14N2O2S. The quantitative estimate of drug-likeness (QED) is 0.851. The van der Waals surface area contributed by atoms with E-state index in [4.69, 9.17) is 21.7 Å². The summed E-state index contributed by atoms with van der Waals surface area (Å²) in [7, 11) is 3.25. The summed E-state index contributed by atoms with van der Waals surface area (Å²) in [5.41, 5.74) is 1.95. The Morgan fingerprint density at radius 3 is 2.12 bits per heavy atom. The second kappa shape index (κ2) is 4.63. The lowest BCUT2D eigenvalue weighted by Gasteiger charge is -2.10. The zero-order chi connectivity index (χ0) is 12.4. The summed E-state index contributed by atoms with van der Waals surface area (Å²) in [6, 6.07) is 5.66. The van der Waals surface area contributed by atoms with Crippen molar-refractivity contribution in [3.05, 3.63) is 34.9 Å². The van der Waals surface area contributed by atoms with Crippen LogP contribution >= 0.6 is 12.2 Å². The van der Waals surface area contributed by atoms with Gasteiger partial charge in [-0.3, -0.25) is 4.57 Å². The fraction of sp³-hybridized carbons (Fsp3) is 0.250. The molecule has 0 saturated carbocycles. The Labute approximate surface area is 105 Å². The van der Waals surface area contributed by atoms with E-state index in [1.165, 1.54) is 0 Å². The minimum Gasteiger partial charge on any atom is -0.497 e. The Balaban J connectivity index is 2.63. The molecule has 0 bridgehead atoms. The van der Waals surface area contributed by atoms with Crippen LogP contribution in [0.2, 0.25) is 0 Å². The van der Waals surface area contributed by atoms with E-state index in [1.807, 2.05) is 35.9 Å². The van der Waals surface area contributed by atoms with Crippen molar-refractivity contribution in [2.45, 2.75) is 6.92 Å². The summed E-state index contributed by atoms with van der Waals surface area (Å²) in [4.78, 5) is 3.01. The van der Waals surface area contributed by atoms with Gasteiger partial charge >= 0.3 is 0 Å². The molecule has 0 saturated heterocycles. The molecule has 0 aliphatic carbocycles. The average Bonchev–Trinajstić information content (AvgIpc) is 2.68. The van der Waals surface area contributed by atoms with Gasteiger partial charge in [0.15, 0.2) is 4.77 Å². The Morgan fingerprint density at radius 2 is 1.71 bits per heavy atom. The van der Waals surface area contributed by atoms with Gasteiger partial charge in [0.25, 0.3) is 0 Å². The molecule has 0 aliphatic rings. The number of nitrogens with zero attached hydrogens (tertiary/aromatic N) is 1. The molecule has 1 N–H and O–H groups in total. The standard InChI is InChI=1S/C12H14N2O2S/c1-8-7-13-12(17)14(8)9-4-10(15-2)6-11(5-9)16-3/h4-7H,1-3H3,(H,13,17). The van der Waals surface area contributed by atoms with Gasteiger partial charge in [0.2, 0.25) is 0 Å². The fourth-order valence-corrected chi connectivity index (χ4v) is 2.01. The van der Waals surface area contributed by atoms with Crippen molar-refractivity contribution < 1.29 is 9.47 Å². The molecule has 0 radical (unpaired) electrons. The first-order chi connectivity index (χ1) is 8.15. The van der Waals surface area contributed by atoms with E-state index < -0.39 is 0 Å². The number of hydrogen-bond acceptors (Lipinski definition) is 3. The van der Waals surface area contributed by atoms with Crippen LogP contribution in [0.25, 0.3) is 5.69 Å². The lowest BCUT2D eigenvalue weighted by atomic mass is 10.2. The SMILES string of the molecule is COc1cc(OC)cc(-n2c(C)c[nH]c2=S)c1. The van der Waals surface area contributed by atoms with E-state index in [0.717, 1.165) is 22.9 Å². The average molecular weight is 250 g/mol. The molecule has 2 rings (SSSR count). The predicted octanol–water partition coefficient (Wildman–Crippen LogP) is 2.86. The number of ether oxygens (including phenoxy) is 2. The van der Waals surface area contributed by atoms with Gasteiger partial charge in [-0.1, -0.05) is 0 Å². The van der Waals surface area contributed by atoms with Gasteiger partial charge in [0.1, 0.15) is 11.5 Å². The van der Waals surface area contributed by atoms with E-state index in [9.17, 15) is 0 Å². The lowest BCUT2D eigenvalue weighted by Crippen LogP contribution is -1.98. The maximum atomic E-state index is 5.24. The molecule has 0 atom stereocenters. The number of hydrogen-bond donors (Lipinski definition) is 1. The summed E-state index contributed by atoms with van der Waals surface area (Å²) in [6.07, 6.45) is 1.87. The highest BCUT2D eigenvalue weighted by Gasteiger charge is 2.06. The summed E-state index contributed by atoms with van der Waals surface area (Å²) in [6.45, 7) is 1.98. The third-order valence-corrected chi connectivity index (χ3v) is 2.86. The van der Waals surface area contributed by atoms with E-state index in [1.54, 1.807) is 14.2 Å². The van der Waals surface area contributed by atoms with Gasteiger partial charge in [0.05, 0.1) is 19.9 Å². The Hall–Kier alpha value is -1.75. The van der Waals surface area contributed by atoms with E-state index in [2.05, 4.69) is 4.98 Å². The van der Waals surface area contributed by atoms with Gasteiger partial charge in [-0.25, -0.2) is 0 Å². The van der Waals surface area contributed by atoms with Crippen LogP contribution in [-0.2, 0) is 0 Å². The molecule has 0 amide bonds. The highest BCUT2D eigenvalue weighted by atomic mass is 32.1. The van der Waals surface area contributed by atoms with Gasteiger partial charge < -0.3 is 14.5 Å². The number of methoxy groups -OCH3 is 2. The first kappa shape index (κ1) is 11.7. The van der Waals surface area contributed by atoms with E-state index in [-0.39, 0.29) is 0 Å². The molecule has 4 nitrogen and oxygen atoms in total. The van der Waals surface area contributed by atoms with Gasteiger partial charge in [-0.05, 0) is 19.1 Å². The monoisotopic (exact) mass is 250 g/mol. The number of aryl methyl sites for hydroxylation is 1. The largest absolute Gasteiger partial charge is 0.497 e. The minimum absolute atomic E-state index is 0.651. The van der Waals surface area contributed by atoms with Crippen molar-refractivity contribution in [2.24, 2.45) is 0 Å². The summed E-state index contributed by atoms with van der Waals surface area (Å²) in [5, 5.41) is 0. The molecule has 17 heavy (non-hydrogen) atoms. The molecule has 5 heteroatoms. The zero-order valence-electron chi connectivity index (χ0n) is 9.98. The van der Waals surface area contributed by atoms with Crippen molar-refractivity contribution >= 4 is 12.2 Å². The van der Waals surface area contributed by atoms with Crippen LogP contribution in [0.3, 0.4) is 0 Å². The van der Waals surface area contributed by atoms with Crippen molar-refractivity contribution in [3.63, 3.8) is 0 Å². The van der Waals surface area contributed by atoms with Crippen molar-refractivity contribution in [1.82, 2.24) is 9.55 Å². The van der Waals surface area contributed by atoms with Gasteiger partial charge in [-0.2, -0.15) is 0 Å². The number of benzene rings is 1. The maximum Gasteiger partial charge on any atom is 0.182 e. The van der Waals surface area contributed by atoms with Crippen LogP contribution in [0.1, 0.15) is 5.69 Å². The number of rotatable bonds is 3. The van der Waals surface area contributed by atoms with Gasteiger partial charge in [-0.15, -0.1) is 0 Å². The van der Waals surface area contributed by atoms with E-state index in [0.29, 0.717) is 4.77 Å². The number of imidazole rings is 1. The summed E-state index contributed by atoms with van der Waals surface area (Å²) >= 11 is 5.24. The Bertz CT molecular complexity index is 564. The predicted molar refractivity (Wildman–Crippen MR) is 68.8 cm³/mol. The molecule has 0 unspecified atom stereocenters. The van der Waals surface area contributed by atoms with Crippen molar-refractivity contribution in [3.8, 4) is 17.2 Å². The molecule has 1 aromatic carbocycles. The third-order valence-electron chi connectivity index (χ3n) is 2.55. The van der Waals surface area contributed by atoms with Gasteiger partial charge in [0, 0.05) is 30.1 Å². The second-order valence-corrected chi connectivity index (χ2v) is 4.03. The van der Waals surface area contributed by atoms with Crippen LogP contribution in [0.4, 0.5) is 0 Å². The van der Waals surface area contributed by atoms with Crippen molar-refractivity contribution in [1.29, 1.82) is 0 Å². The number of H-pyrrole nitrogens is 1. The molecule has 0 fully saturated rings. The maximum absolute atomic E-state index is 5.24. The first-order valence-electron chi connectivity index (χ1n) is 5.16. The number of aromatic nitrogens is 2. The number of nitrogens with one attached hydrogen (secondary N) is 1. The van der Waals surface area contributed by atoms with Crippen molar-refractivity contribution in [2.75, 3.05) is 14.2 Å². The lowest BCUT2D eigenvalue weighted by molar-refractivity contribution is 0.394. The smallest absolute Gasteiger partial charge is 0.182 e. The topological polar surface area (TPSA) is 39.2 Å². The molecule has 1 heterocycles. The summed E-state index contributed by atoms with van der Waals surface area (Å²) in [5.74, 6) is 1.48. The minimum atomic E-state index is 0.651. The summed E-state index contributed by atoms with van der Waals surface area (Å²) < 4.78 is 13.1. The third kappa shape index (κ3) is 2.19. The normalized spacial score (nSPS) is 10.3. The Kier molecular flexibility index (Phi) is 3.19. The van der Waals surface area contributed by atoms with E-state index >= 15 is 0 Å². The first-order valence-corrected chi connectivity index (χ1v) is 5.57. The molecule has 0 aliphatic heterocycles.